The third-order valence-electron chi connectivity index (χ3n) is 4.95. The van der Waals surface area contributed by atoms with Crippen LogP contribution in [0.1, 0.15) is 19.4 Å². The van der Waals surface area contributed by atoms with E-state index >= 15 is 0 Å². The Morgan fingerprint density at radius 1 is 1.04 bits per heavy atom. The molecule has 1 fully saturated rings. The van der Waals surface area contributed by atoms with Gasteiger partial charge < -0.3 is 10.2 Å². The molecule has 2 N–H and O–H groups in total. The molecule has 148 valence electrons. The maximum atomic E-state index is 8.07. The van der Waals surface area contributed by atoms with Crippen molar-refractivity contribution in [1.82, 2.24) is 4.90 Å². The Labute approximate surface area is 177 Å². The van der Waals surface area contributed by atoms with E-state index in [9.17, 15) is 0 Å². The zero-order chi connectivity index (χ0) is 20.1. The summed E-state index contributed by atoms with van der Waals surface area (Å²) in [5.41, 5.74) is 2.87. The van der Waals surface area contributed by atoms with Gasteiger partial charge in [-0.25, -0.2) is 0 Å². The number of benzene rings is 2. The van der Waals surface area contributed by atoms with Crippen LogP contribution >= 0.6 is 23.2 Å². The van der Waals surface area contributed by atoms with Gasteiger partial charge >= 0.3 is 0 Å². The highest BCUT2D eigenvalue weighted by Crippen LogP contribution is 2.26. The van der Waals surface area contributed by atoms with Gasteiger partial charge in [-0.1, -0.05) is 29.3 Å². The molecule has 0 spiro atoms. The van der Waals surface area contributed by atoms with Crippen molar-refractivity contribution in [3.63, 3.8) is 0 Å². The van der Waals surface area contributed by atoms with Gasteiger partial charge in [0.2, 0.25) is 0 Å². The molecular weight excluding hydrogens is 391 g/mol. The second kappa shape index (κ2) is 9.46. The summed E-state index contributed by atoms with van der Waals surface area (Å²) in [6.07, 6.45) is 3.56. The van der Waals surface area contributed by atoms with Crippen molar-refractivity contribution >= 4 is 46.5 Å². The molecule has 0 amide bonds. The van der Waals surface area contributed by atoms with Gasteiger partial charge in [0.1, 0.15) is 5.84 Å². The summed E-state index contributed by atoms with van der Waals surface area (Å²) in [5, 5.41) is 12.5. The van der Waals surface area contributed by atoms with E-state index in [1.165, 1.54) is 0 Å². The summed E-state index contributed by atoms with van der Waals surface area (Å²) in [5.74, 6) is 0.285. The molecular formula is C22H26Cl2N4. The summed E-state index contributed by atoms with van der Waals surface area (Å²) in [6.45, 7) is 8.66. The second-order valence-corrected chi connectivity index (χ2v) is 8.05. The van der Waals surface area contributed by atoms with Gasteiger partial charge in [0, 0.05) is 53.6 Å². The Morgan fingerprint density at radius 2 is 1.71 bits per heavy atom. The first-order chi connectivity index (χ1) is 13.4. The normalized spacial score (nSPS) is 15.4. The Bertz CT molecular complexity index is 838. The number of nitrogens with one attached hydrogen (secondary N) is 2. The van der Waals surface area contributed by atoms with Crippen molar-refractivity contribution < 1.29 is 0 Å². The van der Waals surface area contributed by atoms with Crippen LogP contribution in [0.3, 0.4) is 0 Å². The minimum Gasteiger partial charge on any atom is -0.369 e. The Hall–Kier alpha value is -2.01. The standard InChI is InChI=1S/C22H26Cl2N4/c1-16(2)27-11-13-28(14-12-27)20-9-3-17(21(24)15-20)4-10-22(25)26-19-7-5-18(23)6-8-19/h3-10,15-16H,11-14H2,1-2H3,(H2,25,26)/b10-4+. The first-order valence-electron chi connectivity index (χ1n) is 9.50. The molecule has 1 saturated heterocycles. The molecule has 1 heterocycles. The number of hydrogen-bond donors (Lipinski definition) is 2. The van der Waals surface area contributed by atoms with Crippen molar-refractivity contribution in [3.8, 4) is 0 Å². The minimum atomic E-state index is 0.285. The van der Waals surface area contributed by atoms with Crippen molar-refractivity contribution in [1.29, 1.82) is 5.41 Å². The molecule has 0 atom stereocenters. The maximum Gasteiger partial charge on any atom is 0.122 e. The van der Waals surface area contributed by atoms with E-state index in [-0.39, 0.29) is 5.84 Å². The molecule has 3 rings (SSSR count). The number of anilines is 2. The molecule has 1 aliphatic heterocycles. The molecule has 4 nitrogen and oxygen atoms in total. The van der Waals surface area contributed by atoms with Crippen LogP contribution in [0.25, 0.3) is 6.08 Å². The number of halogens is 2. The smallest absolute Gasteiger partial charge is 0.122 e. The highest BCUT2D eigenvalue weighted by molar-refractivity contribution is 6.32. The average Bonchev–Trinajstić information content (AvgIpc) is 2.69. The van der Waals surface area contributed by atoms with Gasteiger partial charge in [0.05, 0.1) is 0 Å². The average molecular weight is 417 g/mol. The molecule has 0 radical (unpaired) electrons. The Kier molecular flexibility index (Phi) is 7.00. The first-order valence-corrected chi connectivity index (χ1v) is 10.3. The van der Waals surface area contributed by atoms with Crippen LogP contribution in [-0.4, -0.2) is 43.0 Å². The second-order valence-electron chi connectivity index (χ2n) is 7.20. The van der Waals surface area contributed by atoms with E-state index in [4.69, 9.17) is 28.6 Å². The van der Waals surface area contributed by atoms with E-state index in [1.54, 1.807) is 18.2 Å². The molecule has 0 unspecified atom stereocenters. The Balaban J connectivity index is 1.60. The van der Waals surface area contributed by atoms with Crippen LogP contribution < -0.4 is 10.2 Å². The van der Waals surface area contributed by atoms with Gasteiger partial charge in [-0.05, 0) is 68.0 Å². The molecule has 1 aliphatic rings. The highest BCUT2D eigenvalue weighted by Gasteiger charge is 2.19. The molecule has 0 saturated carbocycles. The van der Waals surface area contributed by atoms with Gasteiger partial charge in [-0.2, -0.15) is 0 Å². The van der Waals surface area contributed by atoms with E-state index in [0.717, 1.165) is 43.1 Å². The number of hydrogen-bond acceptors (Lipinski definition) is 3. The van der Waals surface area contributed by atoms with E-state index in [0.29, 0.717) is 16.1 Å². The lowest BCUT2D eigenvalue weighted by molar-refractivity contribution is 0.209. The molecule has 0 bridgehead atoms. The monoisotopic (exact) mass is 416 g/mol. The fourth-order valence-corrected chi connectivity index (χ4v) is 3.61. The van der Waals surface area contributed by atoms with Crippen LogP contribution in [0.4, 0.5) is 11.4 Å². The quantitative estimate of drug-likeness (QED) is 0.490. The third-order valence-corrected chi connectivity index (χ3v) is 5.53. The number of nitrogens with zero attached hydrogens (tertiary/aromatic N) is 2. The molecule has 0 aliphatic carbocycles. The SMILES string of the molecule is CC(C)N1CCN(c2ccc(/C=C/C(=N)Nc3ccc(Cl)cc3)c(Cl)c2)CC1. The summed E-state index contributed by atoms with van der Waals surface area (Å²) >= 11 is 12.4. The summed E-state index contributed by atoms with van der Waals surface area (Å²) in [7, 11) is 0. The zero-order valence-electron chi connectivity index (χ0n) is 16.3. The van der Waals surface area contributed by atoms with Crippen LogP contribution in [0.2, 0.25) is 10.0 Å². The summed E-state index contributed by atoms with van der Waals surface area (Å²) < 4.78 is 0. The van der Waals surface area contributed by atoms with Crippen LogP contribution in [-0.2, 0) is 0 Å². The lowest BCUT2D eigenvalue weighted by Crippen LogP contribution is -2.48. The first kappa shape index (κ1) is 20.7. The molecule has 0 aromatic heterocycles. The fourth-order valence-electron chi connectivity index (χ4n) is 3.25. The minimum absolute atomic E-state index is 0.285. The van der Waals surface area contributed by atoms with Crippen molar-refractivity contribution in [3.05, 3.63) is 64.1 Å². The third kappa shape index (κ3) is 5.51. The number of piperazine rings is 1. The van der Waals surface area contributed by atoms with E-state index in [1.807, 2.05) is 30.3 Å². The molecule has 6 heteroatoms. The zero-order valence-corrected chi connectivity index (χ0v) is 17.8. The van der Waals surface area contributed by atoms with E-state index < -0.39 is 0 Å². The van der Waals surface area contributed by atoms with Gasteiger partial charge in [-0.3, -0.25) is 10.3 Å². The topological polar surface area (TPSA) is 42.4 Å². The number of amidine groups is 1. The predicted molar refractivity (Wildman–Crippen MR) is 122 cm³/mol. The van der Waals surface area contributed by atoms with Gasteiger partial charge in [-0.15, -0.1) is 0 Å². The molecule has 2 aromatic carbocycles. The molecule has 28 heavy (non-hydrogen) atoms. The maximum absolute atomic E-state index is 8.07. The van der Waals surface area contributed by atoms with Gasteiger partial charge in [0.15, 0.2) is 0 Å². The highest BCUT2D eigenvalue weighted by atomic mass is 35.5. The van der Waals surface area contributed by atoms with Crippen LogP contribution in [0.15, 0.2) is 48.5 Å². The number of rotatable bonds is 5. The van der Waals surface area contributed by atoms with Crippen molar-refractivity contribution in [2.75, 3.05) is 36.4 Å². The molecule has 2 aromatic rings. The van der Waals surface area contributed by atoms with Crippen molar-refractivity contribution in [2.24, 2.45) is 0 Å². The lowest BCUT2D eigenvalue weighted by Gasteiger charge is -2.38. The largest absolute Gasteiger partial charge is 0.369 e. The van der Waals surface area contributed by atoms with Gasteiger partial charge in [0.25, 0.3) is 0 Å². The van der Waals surface area contributed by atoms with E-state index in [2.05, 4.69) is 35.0 Å². The summed E-state index contributed by atoms with van der Waals surface area (Å²) in [6, 6.07) is 14.0. The summed E-state index contributed by atoms with van der Waals surface area (Å²) in [4.78, 5) is 4.87. The van der Waals surface area contributed by atoms with Crippen LogP contribution in [0, 0.1) is 5.41 Å². The van der Waals surface area contributed by atoms with Crippen LogP contribution in [0.5, 0.6) is 0 Å². The lowest BCUT2D eigenvalue weighted by atomic mass is 10.1. The fraction of sp³-hybridized carbons (Fsp3) is 0.318. The Morgan fingerprint density at radius 3 is 2.32 bits per heavy atom. The predicted octanol–water partition coefficient (Wildman–Crippen LogP) is 5.63. The van der Waals surface area contributed by atoms with Crippen molar-refractivity contribution in [2.45, 2.75) is 19.9 Å².